The van der Waals surface area contributed by atoms with Crippen molar-refractivity contribution in [3.63, 3.8) is 0 Å². The fourth-order valence-electron chi connectivity index (χ4n) is 1.78. The van der Waals surface area contributed by atoms with Crippen molar-refractivity contribution in [1.82, 2.24) is 5.48 Å². The molecule has 114 valence electrons. The first kappa shape index (κ1) is 18.7. The summed E-state index contributed by atoms with van der Waals surface area (Å²) in [6, 6.07) is 0. The highest BCUT2D eigenvalue weighted by Gasteiger charge is 2.01. The number of nitrogens with one attached hydrogen (secondary N) is 1. The van der Waals surface area contributed by atoms with Crippen LogP contribution >= 0.6 is 11.8 Å². The summed E-state index contributed by atoms with van der Waals surface area (Å²) in [6.07, 6.45) is 9.25. The van der Waals surface area contributed by atoms with E-state index >= 15 is 0 Å². The van der Waals surface area contributed by atoms with Gasteiger partial charge in [-0.15, -0.1) is 11.8 Å². The molecule has 0 saturated heterocycles. The van der Waals surface area contributed by atoms with Crippen LogP contribution in [0, 0.1) is 0 Å². The van der Waals surface area contributed by atoms with Crippen molar-refractivity contribution in [2.24, 2.45) is 0 Å². The van der Waals surface area contributed by atoms with Crippen LogP contribution in [0.5, 0.6) is 0 Å². The van der Waals surface area contributed by atoms with Crippen LogP contribution in [-0.2, 0) is 4.79 Å². The van der Waals surface area contributed by atoms with Crippen LogP contribution in [-0.4, -0.2) is 39.1 Å². The number of thioether (sulfide) groups is 1. The quantitative estimate of drug-likeness (QED) is 0.181. The van der Waals surface area contributed by atoms with Crippen molar-refractivity contribution < 1.29 is 20.2 Å². The molecule has 0 heterocycles. The number of hydroxylamine groups is 1. The van der Waals surface area contributed by atoms with E-state index in [2.05, 4.69) is 0 Å². The molecule has 0 aliphatic heterocycles. The summed E-state index contributed by atoms with van der Waals surface area (Å²) in [6.45, 7) is -0.168. The number of carbonyl (C=O) groups is 1. The van der Waals surface area contributed by atoms with Crippen molar-refractivity contribution in [3.05, 3.63) is 0 Å². The van der Waals surface area contributed by atoms with E-state index in [0.717, 1.165) is 37.9 Å². The monoisotopic (exact) mass is 293 g/mol. The number of unbranched alkanes of at least 4 members (excludes halogenated alkanes) is 7. The number of hydrogen-bond acceptors (Lipinski definition) is 5. The Morgan fingerprint density at radius 3 is 2.05 bits per heavy atom. The molecule has 0 aliphatic carbocycles. The molecule has 6 heteroatoms. The predicted octanol–water partition coefficient (Wildman–Crippen LogP) is 2.05. The molecular weight excluding hydrogens is 266 g/mol. The number of aliphatic hydroxyl groups is 2. The first-order valence-corrected chi connectivity index (χ1v) is 8.09. The summed E-state index contributed by atoms with van der Waals surface area (Å²) >= 11 is 1.40. The molecule has 0 radical (unpaired) electrons. The second kappa shape index (κ2) is 14.1. The molecule has 0 fully saturated rings. The predicted molar refractivity (Wildman–Crippen MR) is 77.0 cm³/mol. The van der Waals surface area contributed by atoms with Crippen LogP contribution in [0.25, 0.3) is 0 Å². The third kappa shape index (κ3) is 13.9. The first-order chi connectivity index (χ1) is 9.20. The molecule has 0 aromatic heterocycles. The molecule has 1 atom stereocenters. The lowest BCUT2D eigenvalue weighted by Gasteiger charge is -2.06. The van der Waals surface area contributed by atoms with Gasteiger partial charge in [0, 0.05) is 6.42 Å². The molecule has 0 saturated carbocycles. The van der Waals surface area contributed by atoms with Gasteiger partial charge in [0.15, 0.2) is 0 Å². The highest BCUT2D eigenvalue weighted by atomic mass is 32.2. The van der Waals surface area contributed by atoms with Gasteiger partial charge < -0.3 is 10.2 Å². The Balaban J connectivity index is 3.05. The minimum absolute atomic E-state index is 0.168. The first-order valence-electron chi connectivity index (χ1n) is 7.04. The maximum Gasteiger partial charge on any atom is 0.243 e. The summed E-state index contributed by atoms with van der Waals surface area (Å²) in [4.78, 5) is 10.7. The molecule has 0 rings (SSSR count). The van der Waals surface area contributed by atoms with E-state index in [0.29, 0.717) is 6.42 Å². The van der Waals surface area contributed by atoms with Crippen LogP contribution in [0.1, 0.15) is 57.8 Å². The smallest absolute Gasteiger partial charge is 0.243 e. The van der Waals surface area contributed by atoms with E-state index < -0.39 is 5.44 Å². The van der Waals surface area contributed by atoms with Crippen LogP contribution in [0.2, 0.25) is 0 Å². The zero-order chi connectivity index (χ0) is 14.3. The van der Waals surface area contributed by atoms with Gasteiger partial charge in [0.05, 0.1) is 6.61 Å². The van der Waals surface area contributed by atoms with E-state index in [1.165, 1.54) is 31.0 Å². The molecule has 19 heavy (non-hydrogen) atoms. The van der Waals surface area contributed by atoms with Crippen molar-refractivity contribution >= 4 is 17.7 Å². The summed E-state index contributed by atoms with van der Waals surface area (Å²) < 4.78 is 0. The number of hydrogen-bond donors (Lipinski definition) is 4. The Morgan fingerprint density at radius 1 is 1.00 bits per heavy atom. The Bertz CT molecular complexity index is 217. The lowest BCUT2D eigenvalue weighted by molar-refractivity contribution is -0.129. The molecule has 5 nitrogen and oxygen atoms in total. The van der Waals surface area contributed by atoms with Crippen molar-refractivity contribution in [3.8, 4) is 0 Å². The largest absolute Gasteiger partial charge is 0.393 e. The van der Waals surface area contributed by atoms with Gasteiger partial charge in [0.25, 0.3) is 0 Å². The number of rotatable bonds is 13. The summed E-state index contributed by atoms with van der Waals surface area (Å²) in [5.41, 5.74) is 1.00. The molecule has 1 unspecified atom stereocenters. The van der Waals surface area contributed by atoms with Gasteiger partial charge in [-0.3, -0.25) is 10.0 Å². The molecule has 0 aromatic carbocycles. The normalized spacial score (nSPS) is 12.4. The minimum atomic E-state index is -0.629. The van der Waals surface area contributed by atoms with Crippen LogP contribution in [0.15, 0.2) is 0 Å². The van der Waals surface area contributed by atoms with Crippen molar-refractivity contribution in [2.45, 2.75) is 63.2 Å². The lowest BCUT2D eigenvalue weighted by atomic mass is 10.1. The topological polar surface area (TPSA) is 89.8 Å². The number of amides is 1. The maximum absolute atomic E-state index is 10.7. The van der Waals surface area contributed by atoms with Gasteiger partial charge in [-0.2, -0.15) is 0 Å². The Hall–Kier alpha value is -0.300. The van der Waals surface area contributed by atoms with Gasteiger partial charge >= 0.3 is 0 Å². The zero-order valence-electron chi connectivity index (χ0n) is 11.5. The molecule has 0 spiro atoms. The van der Waals surface area contributed by atoms with Gasteiger partial charge in [0.2, 0.25) is 5.91 Å². The maximum atomic E-state index is 10.7. The van der Waals surface area contributed by atoms with Crippen molar-refractivity contribution in [1.29, 1.82) is 0 Å². The van der Waals surface area contributed by atoms with Crippen molar-refractivity contribution in [2.75, 3.05) is 12.4 Å². The molecule has 0 bridgehead atoms. The van der Waals surface area contributed by atoms with Gasteiger partial charge in [0.1, 0.15) is 5.44 Å². The van der Waals surface area contributed by atoms with Crippen LogP contribution in [0.3, 0.4) is 0 Å². The van der Waals surface area contributed by atoms with Gasteiger partial charge in [-0.1, -0.05) is 38.5 Å². The molecule has 0 aliphatic rings. The van der Waals surface area contributed by atoms with E-state index in [1.54, 1.807) is 5.48 Å². The van der Waals surface area contributed by atoms with E-state index in [1.807, 2.05) is 0 Å². The summed E-state index contributed by atoms with van der Waals surface area (Å²) in [5.74, 6) is 0.598. The Labute approximate surface area is 119 Å². The minimum Gasteiger partial charge on any atom is -0.393 e. The summed E-state index contributed by atoms with van der Waals surface area (Å²) in [7, 11) is 0. The standard InChI is InChI=1S/C13H27NO4S/c15-11-13(17)19-10-8-6-4-2-1-3-5-7-9-12(16)14-18/h13,15,17-18H,1-11H2,(H,14,16). The van der Waals surface area contributed by atoms with Gasteiger partial charge in [-0.05, 0) is 18.6 Å². The third-order valence-electron chi connectivity index (χ3n) is 2.89. The average molecular weight is 293 g/mol. The van der Waals surface area contributed by atoms with Crippen LogP contribution in [0.4, 0.5) is 0 Å². The highest BCUT2D eigenvalue weighted by molar-refractivity contribution is 7.99. The Kier molecular flexibility index (Phi) is 13.9. The third-order valence-corrected chi connectivity index (χ3v) is 3.95. The number of aliphatic hydroxyl groups excluding tert-OH is 2. The lowest BCUT2D eigenvalue weighted by Crippen LogP contribution is -2.17. The Morgan fingerprint density at radius 2 is 1.53 bits per heavy atom. The molecule has 4 N–H and O–H groups in total. The number of carbonyl (C=O) groups excluding carboxylic acids is 1. The fourth-order valence-corrected chi connectivity index (χ4v) is 2.52. The van der Waals surface area contributed by atoms with E-state index in [9.17, 15) is 4.79 Å². The van der Waals surface area contributed by atoms with Crippen LogP contribution < -0.4 is 5.48 Å². The highest BCUT2D eigenvalue weighted by Crippen LogP contribution is 2.13. The fraction of sp³-hybridized carbons (Fsp3) is 0.923. The van der Waals surface area contributed by atoms with E-state index in [-0.39, 0.29) is 12.5 Å². The van der Waals surface area contributed by atoms with E-state index in [4.69, 9.17) is 15.4 Å². The molecule has 1 amide bonds. The average Bonchev–Trinajstić information content (AvgIpc) is 2.43. The van der Waals surface area contributed by atoms with Gasteiger partial charge in [-0.25, -0.2) is 5.48 Å². The molecule has 0 aromatic rings. The SMILES string of the molecule is O=C(CCCCCCCCCCSC(O)CO)NO. The second-order valence-electron chi connectivity index (χ2n) is 4.62. The summed E-state index contributed by atoms with van der Waals surface area (Å²) in [5, 5.41) is 26.0. The second-order valence-corrected chi connectivity index (χ2v) is 5.91. The zero-order valence-corrected chi connectivity index (χ0v) is 12.3. The molecular formula is C13H27NO4S.